The molecule has 1 aromatic rings. The van der Waals surface area contributed by atoms with Crippen LogP contribution in [-0.2, 0) is 7.05 Å². The van der Waals surface area contributed by atoms with E-state index < -0.39 is 0 Å². The molecule has 0 aliphatic rings. The molecule has 0 saturated heterocycles. The molecule has 1 heterocycles. The van der Waals surface area contributed by atoms with Gasteiger partial charge in [-0.25, -0.2) is 4.79 Å². The Morgan fingerprint density at radius 3 is 2.22 bits per heavy atom. The van der Waals surface area contributed by atoms with Crippen LogP contribution in [0.3, 0.4) is 0 Å². The van der Waals surface area contributed by atoms with Gasteiger partial charge in [-0.3, -0.25) is 0 Å². The zero-order valence-corrected chi connectivity index (χ0v) is 12.7. The third-order valence-electron chi connectivity index (χ3n) is 1.96. The van der Waals surface area contributed by atoms with Crippen LogP contribution in [0.25, 0.3) is 0 Å². The van der Waals surface area contributed by atoms with Gasteiger partial charge in [0.2, 0.25) is 0 Å². The zero-order valence-electron chi connectivity index (χ0n) is 12.7. The van der Waals surface area contributed by atoms with Crippen molar-refractivity contribution in [2.24, 2.45) is 13.0 Å². The van der Waals surface area contributed by atoms with E-state index in [0.29, 0.717) is 11.7 Å². The fraction of sp³-hybridized carbons (Fsp3) is 0.571. The Kier molecular flexibility index (Phi) is 11.0. The number of nitrogens with one attached hydrogen (secondary N) is 1. The van der Waals surface area contributed by atoms with E-state index in [1.807, 2.05) is 41.5 Å². The highest BCUT2D eigenvalue weighted by Crippen LogP contribution is 2.09. The summed E-state index contributed by atoms with van der Waals surface area (Å²) in [4.78, 5) is 15.0. The van der Waals surface area contributed by atoms with Gasteiger partial charge >= 0.3 is 5.69 Å². The molecule has 0 amide bonds. The van der Waals surface area contributed by atoms with Crippen molar-refractivity contribution in [2.75, 3.05) is 5.32 Å². The number of hydrogen-bond donors (Lipinski definition) is 1. The van der Waals surface area contributed by atoms with Crippen molar-refractivity contribution in [2.45, 2.75) is 41.5 Å². The van der Waals surface area contributed by atoms with Crippen LogP contribution in [0.5, 0.6) is 0 Å². The summed E-state index contributed by atoms with van der Waals surface area (Å²) in [5.41, 5.74) is 0.581. The van der Waals surface area contributed by atoms with Gasteiger partial charge in [-0.1, -0.05) is 48.1 Å². The van der Waals surface area contributed by atoms with E-state index in [4.69, 9.17) is 0 Å². The van der Waals surface area contributed by atoms with Gasteiger partial charge in [-0.2, -0.15) is 4.98 Å². The summed E-state index contributed by atoms with van der Waals surface area (Å²) in [5.74, 6) is 0.868. The Hall–Kier alpha value is -1.58. The molecular weight excluding hydrogens is 226 g/mol. The van der Waals surface area contributed by atoms with Crippen LogP contribution >= 0.6 is 0 Å². The van der Waals surface area contributed by atoms with Crippen molar-refractivity contribution in [3.8, 4) is 0 Å². The molecule has 1 N–H and O–H groups in total. The van der Waals surface area contributed by atoms with Crippen LogP contribution in [0.2, 0.25) is 0 Å². The molecule has 1 rings (SSSR count). The summed E-state index contributed by atoms with van der Waals surface area (Å²) in [6, 6.07) is 1.74. The number of hydrogen-bond acceptors (Lipinski definition) is 3. The second-order valence-electron chi connectivity index (χ2n) is 3.51. The largest absolute Gasteiger partial charge is 0.349 e. The summed E-state index contributed by atoms with van der Waals surface area (Å²) >= 11 is 0. The Labute approximate surface area is 111 Å². The lowest BCUT2D eigenvalue weighted by atomic mass is 10.1. The fourth-order valence-electron chi connectivity index (χ4n) is 0.844. The van der Waals surface area contributed by atoms with Crippen molar-refractivity contribution < 1.29 is 0 Å². The van der Waals surface area contributed by atoms with Crippen molar-refractivity contribution in [1.29, 1.82) is 0 Å². The highest BCUT2D eigenvalue weighted by atomic mass is 16.1. The number of allylic oxidation sites excluding steroid dienone is 1. The summed E-state index contributed by atoms with van der Waals surface area (Å²) < 4.78 is 1.42. The number of anilines is 1. The minimum atomic E-state index is -0.272. The second kappa shape index (κ2) is 10.6. The first-order valence-electron chi connectivity index (χ1n) is 6.50. The first kappa shape index (κ1) is 18.8. The minimum absolute atomic E-state index is 0.272. The molecule has 0 aliphatic carbocycles. The van der Waals surface area contributed by atoms with Gasteiger partial charge in [0.1, 0.15) is 5.82 Å². The van der Waals surface area contributed by atoms with E-state index in [2.05, 4.69) is 16.9 Å². The molecule has 0 fully saturated rings. The Bertz CT molecular complexity index is 394. The number of rotatable bonds is 3. The second-order valence-corrected chi connectivity index (χ2v) is 3.51. The van der Waals surface area contributed by atoms with Crippen molar-refractivity contribution in [3.05, 3.63) is 35.0 Å². The number of nitrogens with zero attached hydrogens (tertiary/aromatic N) is 2. The van der Waals surface area contributed by atoms with Crippen LogP contribution in [0.15, 0.2) is 29.3 Å². The number of aromatic nitrogens is 2. The van der Waals surface area contributed by atoms with E-state index in [9.17, 15) is 4.79 Å². The fourth-order valence-corrected chi connectivity index (χ4v) is 0.844. The Balaban J connectivity index is 0. The predicted octanol–water partition coefficient (Wildman–Crippen LogP) is 3.41. The van der Waals surface area contributed by atoms with E-state index in [1.165, 1.54) is 4.57 Å². The summed E-state index contributed by atoms with van der Waals surface area (Å²) in [5, 5.41) is 2.99. The van der Waals surface area contributed by atoms with Gasteiger partial charge in [0, 0.05) is 18.9 Å². The lowest BCUT2D eigenvalue weighted by Crippen LogP contribution is -2.20. The lowest BCUT2D eigenvalue weighted by Gasteiger charge is -2.11. The van der Waals surface area contributed by atoms with E-state index in [1.54, 1.807) is 19.3 Å². The zero-order chi connectivity index (χ0) is 14.7. The smallest absolute Gasteiger partial charge is 0.344 e. The Morgan fingerprint density at radius 1 is 1.33 bits per heavy atom. The third-order valence-corrected chi connectivity index (χ3v) is 1.96. The van der Waals surface area contributed by atoms with Crippen LogP contribution in [0, 0.1) is 5.92 Å². The summed E-state index contributed by atoms with van der Waals surface area (Å²) in [6.45, 7) is 15.9. The molecule has 0 atom stereocenters. The minimum Gasteiger partial charge on any atom is -0.344 e. The van der Waals surface area contributed by atoms with Crippen LogP contribution in [0.4, 0.5) is 5.82 Å². The van der Waals surface area contributed by atoms with Gasteiger partial charge in [0.15, 0.2) is 0 Å². The van der Waals surface area contributed by atoms with Crippen molar-refractivity contribution in [1.82, 2.24) is 9.55 Å². The lowest BCUT2D eigenvalue weighted by molar-refractivity contribution is 0.770. The van der Waals surface area contributed by atoms with Gasteiger partial charge in [-0.15, -0.1) is 0 Å². The molecule has 0 spiro atoms. The molecule has 0 radical (unpaired) electrons. The van der Waals surface area contributed by atoms with Crippen LogP contribution < -0.4 is 11.0 Å². The van der Waals surface area contributed by atoms with E-state index in [0.717, 1.165) is 5.70 Å². The topological polar surface area (TPSA) is 46.9 Å². The molecule has 0 saturated carbocycles. The van der Waals surface area contributed by atoms with Crippen molar-refractivity contribution in [3.63, 3.8) is 0 Å². The molecule has 18 heavy (non-hydrogen) atoms. The maximum atomic E-state index is 11.2. The normalized spacial score (nSPS) is 8.67. The predicted molar refractivity (Wildman–Crippen MR) is 79.8 cm³/mol. The molecule has 0 unspecified atom stereocenters. The summed E-state index contributed by atoms with van der Waals surface area (Å²) in [6.07, 6.45) is 1.67. The standard InChI is InChI=1S/C10H15N3O.2C2H6/c1-7(2)8(3)11-9-5-6-13(4)10(14)12-9;2*1-2/h5-7H,3H2,1-2,4H3,(H,11,12,14);2*1-2H3. The molecule has 4 nitrogen and oxygen atoms in total. The average molecular weight is 253 g/mol. The van der Waals surface area contributed by atoms with Crippen LogP contribution in [-0.4, -0.2) is 9.55 Å². The quantitative estimate of drug-likeness (QED) is 0.898. The molecule has 104 valence electrons. The van der Waals surface area contributed by atoms with Gasteiger partial charge < -0.3 is 9.88 Å². The molecule has 0 aromatic carbocycles. The SMILES string of the molecule is C=C(Nc1ccn(C)c(=O)n1)C(C)C.CC.CC. The molecule has 0 bridgehead atoms. The molecular formula is C14H27N3O. The summed E-state index contributed by atoms with van der Waals surface area (Å²) in [7, 11) is 1.66. The monoisotopic (exact) mass is 253 g/mol. The number of aryl methyl sites for hydroxylation is 1. The first-order valence-corrected chi connectivity index (χ1v) is 6.50. The Morgan fingerprint density at radius 2 is 1.83 bits per heavy atom. The van der Waals surface area contributed by atoms with Gasteiger partial charge in [-0.05, 0) is 12.0 Å². The highest BCUT2D eigenvalue weighted by Gasteiger charge is 2.02. The van der Waals surface area contributed by atoms with E-state index >= 15 is 0 Å². The first-order chi connectivity index (χ1) is 8.50. The molecule has 1 aromatic heterocycles. The van der Waals surface area contributed by atoms with E-state index in [-0.39, 0.29) is 5.69 Å². The third kappa shape index (κ3) is 6.89. The van der Waals surface area contributed by atoms with Gasteiger partial charge in [0.05, 0.1) is 0 Å². The molecule has 0 aliphatic heterocycles. The molecule has 4 heteroatoms. The van der Waals surface area contributed by atoms with Crippen molar-refractivity contribution >= 4 is 5.82 Å². The average Bonchev–Trinajstić information content (AvgIpc) is 2.38. The maximum Gasteiger partial charge on any atom is 0.349 e. The highest BCUT2D eigenvalue weighted by molar-refractivity contribution is 5.39. The maximum absolute atomic E-state index is 11.2. The van der Waals surface area contributed by atoms with Gasteiger partial charge in [0.25, 0.3) is 0 Å². The van der Waals surface area contributed by atoms with Crippen LogP contribution in [0.1, 0.15) is 41.5 Å².